The fourth-order valence-electron chi connectivity index (χ4n) is 3.46. The largest absolute Gasteiger partial charge is 0.388 e. The minimum absolute atomic E-state index is 0.208. The average Bonchev–Trinajstić information content (AvgIpc) is 2.61. The van der Waals surface area contributed by atoms with E-state index in [1.165, 1.54) is 38.5 Å². The van der Waals surface area contributed by atoms with Crippen LogP contribution in [-0.4, -0.2) is 17.3 Å². The summed E-state index contributed by atoms with van der Waals surface area (Å²) in [6, 6.07) is 0. The molecule has 1 atom stereocenters. The third-order valence-corrected chi connectivity index (χ3v) is 4.38. The number of nitrogens with two attached hydrogens (primary N) is 1. The van der Waals surface area contributed by atoms with E-state index in [0.717, 1.165) is 12.8 Å². The van der Waals surface area contributed by atoms with Gasteiger partial charge in [0.2, 0.25) is 0 Å². The molecule has 76 valence electrons. The third-order valence-electron chi connectivity index (χ3n) is 4.38. The van der Waals surface area contributed by atoms with E-state index >= 15 is 0 Å². The predicted octanol–water partition coefficient (Wildman–Crippen LogP) is 1.81. The van der Waals surface area contributed by atoms with Gasteiger partial charge >= 0.3 is 0 Å². The summed E-state index contributed by atoms with van der Waals surface area (Å²) in [7, 11) is 0. The Bertz CT molecular complexity index is 187. The number of hydrogen-bond acceptors (Lipinski definition) is 2. The highest BCUT2D eigenvalue weighted by Crippen LogP contribution is 2.54. The Labute approximate surface area is 80.5 Å². The van der Waals surface area contributed by atoms with Crippen LogP contribution in [-0.2, 0) is 0 Å². The van der Waals surface area contributed by atoms with Crippen LogP contribution in [0, 0.1) is 5.41 Å². The van der Waals surface area contributed by atoms with E-state index in [4.69, 9.17) is 5.73 Å². The molecule has 2 saturated carbocycles. The Hall–Kier alpha value is -0.0800. The first-order chi connectivity index (χ1) is 6.22. The van der Waals surface area contributed by atoms with Crippen molar-refractivity contribution < 1.29 is 5.11 Å². The van der Waals surface area contributed by atoms with Gasteiger partial charge in [0.1, 0.15) is 0 Å². The molecule has 2 fully saturated rings. The second kappa shape index (κ2) is 3.25. The first-order valence-corrected chi connectivity index (χ1v) is 5.65. The van der Waals surface area contributed by atoms with Gasteiger partial charge in [0.15, 0.2) is 0 Å². The van der Waals surface area contributed by atoms with Gasteiger partial charge in [-0.25, -0.2) is 0 Å². The van der Waals surface area contributed by atoms with Crippen LogP contribution in [0.1, 0.15) is 51.4 Å². The standard InChI is InChI=1S/C11H21NO/c12-9-11(13)8-4-3-7-10(11)5-1-2-6-10/h13H,1-9,12H2. The second-order valence-electron chi connectivity index (χ2n) is 4.93. The summed E-state index contributed by atoms with van der Waals surface area (Å²) in [4.78, 5) is 0. The molecule has 0 heterocycles. The lowest BCUT2D eigenvalue weighted by molar-refractivity contribution is -0.105. The number of aliphatic hydroxyl groups is 1. The Morgan fingerprint density at radius 3 is 1.85 bits per heavy atom. The van der Waals surface area contributed by atoms with E-state index in [2.05, 4.69) is 0 Å². The Morgan fingerprint density at radius 2 is 1.38 bits per heavy atom. The lowest BCUT2D eigenvalue weighted by atomic mass is 9.62. The molecule has 3 N–H and O–H groups in total. The first kappa shape index (κ1) is 9.47. The van der Waals surface area contributed by atoms with Crippen molar-refractivity contribution in [2.75, 3.05) is 6.54 Å². The highest BCUT2D eigenvalue weighted by Gasteiger charge is 2.51. The smallest absolute Gasteiger partial charge is 0.0825 e. The molecule has 2 aliphatic rings. The zero-order valence-corrected chi connectivity index (χ0v) is 8.39. The van der Waals surface area contributed by atoms with Crippen molar-refractivity contribution in [2.24, 2.45) is 11.1 Å². The fraction of sp³-hybridized carbons (Fsp3) is 1.00. The lowest BCUT2D eigenvalue weighted by Crippen LogP contribution is -2.54. The van der Waals surface area contributed by atoms with Crippen LogP contribution in [0.4, 0.5) is 0 Å². The fourth-order valence-corrected chi connectivity index (χ4v) is 3.46. The molecule has 2 rings (SSSR count). The Morgan fingerprint density at radius 1 is 0.923 bits per heavy atom. The van der Waals surface area contributed by atoms with Gasteiger partial charge < -0.3 is 10.8 Å². The van der Waals surface area contributed by atoms with Crippen LogP contribution in [0.25, 0.3) is 0 Å². The maximum atomic E-state index is 10.5. The van der Waals surface area contributed by atoms with Gasteiger partial charge in [-0.3, -0.25) is 0 Å². The Kier molecular flexibility index (Phi) is 2.37. The van der Waals surface area contributed by atoms with Crippen LogP contribution >= 0.6 is 0 Å². The highest BCUT2D eigenvalue weighted by atomic mass is 16.3. The molecule has 0 aliphatic heterocycles. The summed E-state index contributed by atoms with van der Waals surface area (Å²) in [5.74, 6) is 0. The predicted molar refractivity (Wildman–Crippen MR) is 53.4 cm³/mol. The summed E-state index contributed by atoms with van der Waals surface area (Å²) in [5, 5.41) is 10.5. The molecular formula is C11H21NO. The first-order valence-electron chi connectivity index (χ1n) is 5.65. The molecule has 2 aliphatic carbocycles. The summed E-state index contributed by atoms with van der Waals surface area (Å²) in [6.45, 7) is 0.465. The number of rotatable bonds is 1. The molecule has 2 heteroatoms. The maximum absolute atomic E-state index is 10.5. The molecule has 13 heavy (non-hydrogen) atoms. The van der Waals surface area contributed by atoms with Crippen molar-refractivity contribution in [3.63, 3.8) is 0 Å². The minimum Gasteiger partial charge on any atom is -0.388 e. The summed E-state index contributed by atoms with van der Waals surface area (Å²) >= 11 is 0. The summed E-state index contributed by atoms with van der Waals surface area (Å²) in [6.07, 6.45) is 9.61. The molecule has 1 unspecified atom stereocenters. The van der Waals surface area contributed by atoms with Gasteiger partial charge in [0.05, 0.1) is 5.60 Å². The number of hydrogen-bond donors (Lipinski definition) is 2. The van der Waals surface area contributed by atoms with Crippen molar-refractivity contribution in [1.82, 2.24) is 0 Å². The maximum Gasteiger partial charge on any atom is 0.0825 e. The SMILES string of the molecule is NCC1(O)CCCCC12CCCC2. The minimum atomic E-state index is -0.526. The third kappa shape index (κ3) is 1.31. The lowest BCUT2D eigenvalue weighted by Gasteiger charge is -2.48. The molecule has 0 bridgehead atoms. The van der Waals surface area contributed by atoms with Crippen LogP contribution in [0.15, 0.2) is 0 Å². The zero-order valence-electron chi connectivity index (χ0n) is 8.39. The second-order valence-corrected chi connectivity index (χ2v) is 4.93. The molecular weight excluding hydrogens is 162 g/mol. The van der Waals surface area contributed by atoms with Crippen LogP contribution < -0.4 is 5.73 Å². The molecule has 0 amide bonds. The van der Waals surface area contributed by atoms with Gasteiger partial charge in [0.25, 0.3) is 0 Å². The van der Waals surface area contributed by atoms with E-state index in [0.29, 0.717) is 6.54 Å². The van der Waals surface area contributed by atoms with Crippen molar-refractivity contribution in [3.05, 3.63) is 0 Å². The van der Waals surface area contributed by atoms with E-state index < -0.39 is 5.60 Å². The van der Waals surface area contributed by atoms with Crippen LogP contribution in [0.3, 0.4) is 0 Å². The monoisotopic (exact) mass is 183 g/mol. The van der Waals surface area contributed by atoms with Crippen LogP contribution in [0.2, 0.25) is 0 Å². The molecule has 0 aromatic heterocycles. The average molecular weight is 183 g/mol. The van der Waals surface area contributed by atoms with E-state index in [-0.39, 0.29) is 5.41 Å². The van der Waals surface area contributed by atoms with Crippen molar-refractivity contribution >= 4 is 0 Å². The van der Waals surface area contributed by atoms with E-state index in [1.54, 1.807) is 0 Å². The summed E-state index contributed by atoms with van der Waals surface area (Å²) < 4.78 is 0. The summed E-state index contributed by atoms with van der Waals surface area (Å²) in [5.41, 5.74) is 5.42. The quantitative estimate of drug-likeness (QED) is 0.651. The van der Waals surface area contributed by atoms with E-state index in [9.17, 15) is 5.11 Å². The van der Waals surface area contributed by atoms with Crippen LogP contribution in [0.5, 0.6) is 0 Å². The van der Waals surface area contributed by atoms with Crippen molar-refractivity contribution in [1.29, 1.82) is 0 Å². The van der Waals surface area contributed by atoms with Gasteiger partial charge in [-0.2, -0.15) is 0 Å². The van der Waals surface area contributed by atoms with Gasteiger partial charge in [-0.15, -0.1) is 0 Å². The normalized spacial score (nSPS) is 38.3. The molecule has 1 spiro atoms. The topological polar surface area (TPSA) is 46.2 Å². The molecule has 0 radical (unpaired) electrons. The molecule has 0 aromatic rings. The Balaban J connectivity index is 2.21. The molecule has 0 aromatic carbocycles. The molecule has 0 saturated heterocycles. The zero-order chi connectivity index (χ0) is 9.36. The van der Waals surface area contributed by atoms with Crippen molar-refractivity contribution in [3.8, 4) is 0 Å². The van der Waals surface area contributed by atoms with Gasteiger partial charge in [0, 0.05) is 12.0 Å². The van der Waals surface area contributed by atoms with E-state index in [1.807, 2.05) is 0 Å². The molecule has 2 nitrogen and oxygen atoms in total. The highest BCUT2D eigenvalue weighted by molar-refractivity contribution is 5.04. The van der Waals surface area contributed by atoms with Gasteiger partial charge in [-0.05, 0) is 25.7 Å². The van der Waals surface area contributed by atoms with Crippen molar-refractivity contribution in [2.45, 2.75) is 57.0 Å². The van der Waals surface area contributed by atoms with Gasteiger partial charge in [-0.1, -0.05) is 25.7 Å².